The zero-order valence-electron chi connectivity index (χ0n) is 16.3. The predicted molar refractivity (Wildman–Crippen MR) is 115 cm³/mol. The average molecular weight is 443 g/mol. The summed E-state index contributed by atoms with van der Waals surface area (Å²) >= 11 is 7.98. The molecule has 6 nitrogen and oxygen atoms in total. The lowest BCUT2D eigenvalue weighted by atomic mass is 9.80. The minimum atomic E-state index is -1.01. The van der Waals surface area contributed by atoms with Gasteiger partial charge < -0.3 is 9.73 Å². The Kier molecular flexibility index (Phi) is 4.48. The van der Waals surface area contributed by atoms with Gasteiger partial charge in [0.2, 0.25) is 0 Å². The van der Waals surface area contributed by atoms with Crippen LogP contribution >= 0.6 is 22.9 Å². The number of benzene rings is 1. The highest BCUT2D eigenvalue weighted by Crippen LogP contribution is 2.42. The Morgan fingerprint density at radius 1 is 1.23 bits per heavy atom. The number of halogens is 1. The van der Waals surface area contributed by atoms with Gasteiger partial charge in [0.25, 0.3) is 5.91 Å². The number of rotatable bonds is 3. The lowest BCUT2D eigenvalue weighted by Crippen LogP contribution is -2.46. The molecule has 1 aliphatic carbocycles. The van der Waals surface area contributed by atoms with Crippen LogP contribution in [0.4, 0.5) is 4.79 Å². The van der Waals surface area contributed by atoms with Gasteiger partial charge in [-0.3, -0.25) is 9.69 Å². The van der Waals surface area contributed by atoms with Crippen LogP contribution < -0.4 is 10.9 Å². The number of imide groups is 1. The van der Waals surface area contributed by atoms with Crippen molar-refractivity contribution in [1.82, 2.24) is 10.2 Å². The molecule has 0 radical (unpaired) electrons. The molecule has 8 heteroatoms. The van der Waals surface area contributed by atoms with Gasteiger partial charge in [-0.15, -0.1) is 11.3 Å². The molecule has 0 saturated carbocycles. The van der Waals surface area contributed by atoms with Gasteiger partial charge in [-0.2, -0.15) is 0 Å². The standard InChI is InChI=1S/C22H19ClN2O4S/c1-2-12-8-17-14(10-16(12)23)13(9-19(26)29-17)11-25-20(27)22(24-21(25)28)6-3-4-18-15(22)5-7-30-18/h5,7-10H,2-4,6,11H2,1H3,(H,24,28)/t22-/m0/s1. The van der Waals surface area contributed by atoms with Crippen molar-refractivity contribution in [3.63, 3.8) is 0 Å². The summed E-state index contributed by atoms with van der Waals surface area (Å²) in [4.78, 5) is 40.8. The van der Waals surface area contributed by atoms with Crippen LogP contribution in [0, 0.1) is 0 Å². The number of carbonyl (C=O) groups is 2. The first-order chi connectivity index (χ1) is 14.4. The molecular formula is C22H19ClN2O4S. The zero-order valence-corrected chi connectivity index (χ0v) is 17.9. The van der Waals surface area contributed by atoms with Gasteiger partial charge >= 0.3 is 11.7 Å². The van der Waals surface area contributed by atoms with Gasteiger partial charge in [-0.25, -0.2) is 9.59 Å². The lowest BCUT2D eigenvalue weighted by Gasteiger charge is -2.31. The van der Waals surface area contributed by atoms with Crippen LogP contribution in [0.5, 0.6) is 0 Å². The van der Waals surface area contributed by atoms with Crippen molar-refractivity contribution in [3.8, 4) is 0 Å². The molecule has 1 saturated heterocycles. The highest BCUT2D eigenvalue weighted by Gasteiger charge is 2.54. The maximum absolute atomic E-state index is 13.5. The number of carbonyl (C=O) groups excluding carboxylic acids is 2. The van der Waals surface area contributed by atoms with Crippen molar-refractivity contribution >= 4 is 45.8 Å². The van der Waals surface area contributed by atoms with Gasteiger partial charge in [0.1, 0.15) is 11.1 Å². The quantitative estimate of drug-likeness (QED) is 0.483. The predicted octanol–water partition coefficient (Wildman–Crippen LogP) is 4.35. The van der Waals surface area contributed by atoms with E-state index in [4.69, 9.17) is 16.0 Å². The fourth-order valence-electron chi connectivity index (χ4n) is 4.55. The summed E-state index contributed by atoms with van der Waals surface area (Å²) in [5.74, 6) is -0.274. The Morgan fingerprint density at radius 3 is 2.87 bits per heavy atom. The Labute approximate surface area is 181 Å². The molecule has 0 unspecified atom stereocenters. The summed E-state index contributed by atoms with van der Waals surface area (Å²) in [7, 11) is 0. The summed E-state index contributed by atoms with van der Waals surface area (Å²) < 4.78 is 5.35. The summed E-state index contributed by atoms with van der Waals surface area (Å²) in [5.41, 5.74) is 1.16. The molecule has 1 atom stereocenters. The Balaban J connectivity index is 1.57. The number of amides is 3. The van der Waals surface area contributed by atoms with E-state index in [0.29, 0.717) is 34.4 Å². The Morgan fingerprint density at radius 2 is 2.07 bits per heavy atom. The Hall–Kier alpha value is -2.64. The normalized spacial score (nSPS) is 20.8. The van der Waals surface area contributed by atoms with E-state index in [1.54, 1.807) is 23.5 Å². The van der Waals surface area contributed by atoms with Crippen LogP contribution in [-0.4, -0.2) is 16.8 Å². The molecule has 30 heavy (non-hydrogen) atoms. The van der Waals surface area contributed by atoms with Crippen molar-refractivity contribution in [2.24, 2.45) is 0 Å². The number of urea groups is 1. The third kappa shape index (κ3) is 2.80. The second-order valence-corrected chi connectivity index (χ2v) is 9.13. The van der Waals surface area contributed by atoms with Crippen LogP contribution in [0.2, 0.25) is 5.02 Å². The summed E-state index contributed by atoms with van der Waals surface area (Å²) in [6, 6.07) is 6.29. The number of fused-ring (bicyclic) bond motifs is 3. The van der Waals surface area contributed by atoms with Crippen molar-refractivity contribution in [3.05, 3.63) is 66.7 Å². The van der Waals surface area contributed by atoms with Gasteiger partial charge in [-0.05, 0) is 60.4 Å². The van der Waals surface area contributed by atoms with Crippen LogP contribution in [0.15, 0.2) is 38.9 Å². The highest BCUT2D eigenvalue weighted by atomic mass is 35.5. The van der Waals surface area contributed by atoms with Crippen LogP contribution in [0.1, 0.15) is 41.3 Å². The van der Waals surface area contributed by atoms with E-state index in [2.05, 4.69) is 5.32 Å². The van der Waals surface area contributed by atoms with E-state index in [0.717, 1.165) is 28.8 Å². The third-order valence-electron chi connectivity index (χ3n) is 6.04. The van der Waals surface area contributed by atoms with Gasteiger partial charge in [0.15, 0.2) is 0 Å². The topological polar surface area (TPSA) is 79.6 Å². The second-order valence-electron chi connectivity index (χ2n) is 7.72. The van der Waals surface area contributed by atoms with Gasteiger partial charge in [0.05, 0.1) is 6.54 Å². The number of nitrogens with one attached hydrogen (secondary N) is 1. The second kappa shape index (κ2) is 6.96. The first-order valence-electron chi connectivity index (χ1n) is 9.89. The van der Waals surface area contributed by atoms with E-state index in [1.807, 2.05) is 18.4 Å². The van der Waals surface area contributed by atoms with Gasteiger partial charge in [-0.1, -0.05) is 18.5 Å². The summed E-state index contributed by atoms with van der Waals surface area (Å²) in [6.07, 6.45) is 3.02. The Bertz CT molecular complexity index is 1260. The lowest BCUT2D eigenvalue weighted by molar-refractivity contribution is -0.132. The molecular weight excluding hydrogens is 424 g/mol. The molecule has 1 N–H and O–H groups in total. The SMILES string of the molecule is CCc1cc2oc(=O)cc(CN3C(=O)N[C@]4(CCCc5sccc54)C3=O)c2cc1Cl. The minimum Gasteiger partial charge on any atom is -0.423 e. The van der Waals surface area contributed by atoms with Crippen molar-refractivity contribution < 1.29 is 14.0 Å². The van der Waals surface area contributed by atoms with E-state index >= 15 is 0 Å². The van der Waals surface area contributed by atoms with Gasteiger partial charge in [0, 0.05) is 26.9 Å². The molecule has 1 fully saturated rings. The molecule has 5 rings (SSSR count). The fraction of sp³-hybridized carbons (Fsp3) is 0.318. The highest BCUT2D eigenvalue weighted by molar-refractivity contribution is 7.10. The molecule has 3 amide bonds. The number of hydrogen-bond acceptors (Lipinski definition) is 5. The van der Waals surface area contributed by atoms with E-state index in [-0.39, 0.29) is 12.5 Å². The monoisotopic (exact) mass is 442 g/mol. The fourth-order valence-corrected chi connectivity index (χ4v) is 5.84. The molecule has 3 aromatic rings. The molecule has 2 aromatic heterocycles. The van der Waals surface area contributed by atoms with Crippen LogP contribution in [0.25, 0.3) is 11.0 Å². The third-order valence-corrected chi connectivity index (χ3v) is 7.38. The molecule has 0 bridgehead atoms. The summed E-state index contributed by atoms with van der Waals surface area (Å²) in [6.45, 7) is 1.94. The molecule has 2 aliphatic rings. The number of nitrogens with zero attached hydrogens (tertiary/aromatic N) is 1. The van der Waals surface area contributed by atoms with Crippen LogP contribution in [-0.2, 0) is 29.7 Å². The summed E-state index contributed by atoms with van der Waals surface area (Å²) in [5, 5.41) is 6.08. The average Bonchev–Trinajstić information content (AvgIpc) is 3.28. The number of thiophene rings is 1. The number of aryl methyl sites for hydroxylation is 2. The first kappa shape index (κ1) is 19.3. The first-order valence-corrected chi connectivity index (χ1v) is 11.1. The van der Waals surface area contributed by atoms with E-state index in [9.17, 15) is 14.4 Å². The van der Waals surface area contributed by atoms with Crippen molar-refractivity contribution in [1.29, 1.82) is 0 Å². The van der Waals surface area contributed by atoms with Crippen molar-refractivity contribution in [2.45, 2.75) is 44.7 Å². The van der Waals surface area contributed by atoms with E-state index < -0.39 is 17.2 Å². The smallest absolute Gasteiger partial charge is 0.336 e. The molecule has 1 aliphatic heterocycles. The zero-order chi connectivity index (χ0) is 21.0. The maximum atomic E-state index is 13.5. The largest absolute Gasteiger partial charge is 0.423 e. The minimum absolute atomic E-state index is 0.0181. The number of hydrogen-bond donors (Lipinski definition) is 1. The molecule has 1 spiro atoms. The molecule has 154 valence electrons. The molecule has 1 aromatic carbocycles. The van der Waals surface area contributed by atoms with E-state index in [1.165, 1.54) is 11.0 Å². The maximum Gasteiger partial charge on any atom is 0.336 e. The molecule has 3 heterocycles. The van der Waals surface area contributed by atoms with Crippen LogP contribution in [0.3, 0.4) is 0 Å². The van der Waals surface area contributed by atoms with Crippen molar-refractivity contribution in [2.75, 3.05) is 0 Å².